The third kappa shape index (κ3) is 5.37. The Balaban J connectivity index is 1.54. The molecule has 0 aliphatic rings. The maximum absolute atomic E-state index is 12.9. The minimum absolute atomic E-state index is 0.216. The lowest BCUT2D eigenvalue weighted by Gasteiger charge is -2.11. The molecule has 0 atom stereocenters. The number of fused-ring (bicyclic) bond motifs is 1. The van der Waals surface area contributed by atoms with E-state index in [0.717, 1.165) is 12.0 Å². The zero-order chi connectivity index (χ0) is 23.2. The number of aromatic nitrogens is 3. The first kappa shape index (κ1) is 23.3. The number of thiazole rings is 1. The third-order valence-corrected chi connectivity index (χ3v) is 6.58. The molecule has 0 saturated carbocycles. The standard InChI is InChI=1S/C25H26ClN3O3S/c1-3-4-5-6-9-14-32-20-13-12-17(15-21(20)31-2)16-22-24(30)29-25(33-22)27-23(28-29)18-10-7-8-11-19(18)26/h7-8,10-13,15-16H,3-6,9,14H2,1-2H3. The van der Waals surface area contributed by atoms with E-state index in [2.05, 4.69) is 17.0 Å². The van der Waals surface area contributed by atoms with Crippen molar-refractivity contribution >= 4 is 34.0 Å². The number of benzene rings is 2. The molecule has 172 valence electrons. The van der Waals surface area contributed by atoms with Crippen molar-refractivity contribution in [2.45, 2.75) is 39.0 Å². The summed E-state index contributed by atoms with van der Waals surface area (Å²) in [7, 11) is 1.62. The molecule has 2 heterocycles. The van der Waals surface area contributed by atoms with E-state index < -0.39 is 0 Å². The van der Waals surface area contributed by atoms with Crippen LogP contribution in [0.15, 0.2) is 47.3 Å². The first-order chi connectivity index (χ1) is 16.1. The van der Waals surface area contributed by atoms with Crippen LogP contribution in [-0.4, -0.2) is 28.3 Å². The summed E-state index contributed by atoms with van der Waals surface area (Å²) >= 11 is 7.53. The average molecular weight is 484 g/mol. The SMILES string of the molecule is CCCCCCCOc1ccc(C=c2sc3nc(-c4ccccc4Cl)nn3c2=O)cc1OC. The molecular formula is C25H26ClN3O3S. The highest BCUT2D eigenvalue weighted by molar-refractivity contribution is 7.15. The summed E-state index contributed by atoms with van der Waals surface area (Å²) in [6, 6.07) is 13.0. The van der Waals surface area contributed by atoms with Gasteiger partial charge in [0.2, 0.25) is 4.96 Å². The van der Waals surface area contributed by atoms with E-state index in [-0.39, 0.29) is 5.56 Å². The monoisotopic (exact) mass is 483 g/mol. The molecule has 0 amide bonds. The summed E-state index contributed by atoms with van der Waals surface area (Å²) in [5.41, 5.74) is 1.33. The Morgan fingerprint density at radius 3 is 2.67 bits per heavy atom. The molecule has 0 radical (unpaired) electrons. The van der Waals surface area contributed by atoms with E-state index in [1.54, 1.807) is 13.2 Å². The molecule has 2 aromatic carbocycles. The fraction of sp³-hybridized carbons (Fsp3) is 0.320. The maximum atomic E-state index is 12.9. The molecule has 0 fully saturated rings. The van der Waals surface area contributed by atoms with Crippen LogP contribution >= 0.6 is 22.9 Å². The van der Waals surface area contributed by atoms with E-state index in [1.807, 2.05) is 42.5 Å². The Bertz CT molecular complexity index is 1350. The van der Waals surface area contributed by atoms with Gasteiger partial charge in [0, 0.05) is 5.56 Å². The van der Waals surface area contributed by atoms with Gasteiger partial charge in [-0.15, -0.1) is 5.10 Å². The van der Waals surface area contributed by atoms with Crippen LogP contribution in [0.4, 0.5) is 0 Å². The minimum Gasteiger partial charge on any atom is -0.493 e. The van der Waals surface area contributed by atoms with Gasteiger partial charge in [-0.25, -0.2) is 0 Å². The van der Waals surface area contributed by atoms with Crippen molar-refractivity contribution in [3.05, 3.63) is 67.9 Å². The minimum atomic E-state index is -0.216. The summed E-state index contributed by atoms with van der Waals surface area (Å²) in [5.74, 6) is 1.79. The first-order valence-corrected chi connectivity index (χ1v) is 12.3. The second-order valence-electron chi connectivity index (χ2n) is 7.70. The molecule has 0 unspecified atom stereocenters. The van der Waals surface area contributed by atoms with Crippen molar-refractivity contribution in [1.29, 1.82) is 0 Å². The van der Waals surface area contributed by atoms with Crippen LogP contribution in [0.2, 0.25) is 5.02 Å². The third-order valence-electron chi connectivity index (χ3n) is 5.29. The van der Waals surface area contributed by atoms with Gasteiger partial charge >= 0.3 is 0 Å². The molecule has 0 N–H and O–H groups in total. The Kier molecular flexibility index (Phi) is 7.62. The molecule has 0 aliphatic carbocycles. The largest absolute Gasteiger partial charge is 0.493 e. The molecule has 0 aliphatic heterocycles. The number of methoxy groups -OCH3 is 1. The second-order valence-corrected chi connectivity index (χ2v) is 9.11. The number of ether oxygens (including phenoxy) is 2. The highest BCUT2D eigenvalue weighted by Crippen LogP contribution is 2.29. The van der Waals surface area contributed by atoms with Gasteiger partial charge in [0.15, 0.2) is 17.3 Å². The van der Waals surface area contributed by atoms with E-state index in [4.69, 9.17) is 21.1 Å². The van der Waals surface area contributed by atoms with Crippen LogP contribution in [-0.2, 0) is 0 Å². The van der Waals surface area contributed by atoms with Crippen LogP contribution in [0, 0.1) is 0 Å². The van der Waals surface area contributed by atoms with Crippen molar-refractivity contribution in [3.63, 3.8) is 0 Å². The summed E-state index contributed by atoms with van der Waals surface area (Å²) in [6.45, 7) is 2.87. The van der Waals surface area contributed by atoms with Gasteiger partial charge in [-0.3, -0.25) is 4.79 Å². The van der Waals surface area contributed by atoms with E-state index in [9.17, 15) is 4.79 Å². The Morgan fingerprint density at radius 2 is 1.91 bits per heavy atom. The number of unbranched alkanes of at least 4 members (excludes halogenated alkanes) is 4. The van der Waals surface area contributed by atoms with Gasteiger partial charge in [-0.05, 0) is 42.3 Å². The van der Waals surface area contributed by atoms with E-state index in [0.29, 0.717) is 44.0 Å². The van der Waals surface area contributed by atoms with Crippen molar-refractivity contribution < 1.29 is 9.47 Å². The summed E-state index contributed by atoms with van der Waals surface area (Å²) in [5, 5.41) is 4.91. The van der Waals surface area contributed by atoms with Gasteiger partial charge in [0.05, 0.1) is 23.3 Å². The van der Waals surface area contributed by atoms with Gasteiger partial charge in [-0.1, -0.05) is 73.7 Å². The highest BCUT2D eigenvalue weighted by Gasteiger charge is 2.14. The normalized spacial score (nSPS) is 11.9. The molecule has 4 rings (SSSR count). The molecular weight excluding hydrogens is 458 g/mol. The smallest absolute Gasteiger partial charge is 0.291 e. The number of hydrogen-bond acceptors (Lipinski definition) is 6. The second kappa shape index (κ2) is 10.8. The van der Waals surface area contributed by atoms with Crippen molar-refractivity contribution in [2.24, 2.45) is 0 Å². The average Bonchev–Trinajstić information content (AvgIpc) is 3.36. The fourth-order valence-corrected chi connectivity index (χ4v) is 4.65. The molecule has 6 nitrogen and oxygen atoms in total. The van der Waals surface area contributed by atoms with Gasteiger partial charge < -0.3 is 9.47 Å². The topological polar surface area (TPSA) is 65.7 Å². The number of halogens is 1. The summed E-state index contributed by atoms with van der Waals surface area (Å²) in [4.78, 5) is 17.9. The molecule has 0 spiro atoms. The van der Waals surface area contributed by atoms with Crippen LogP contribution in [0.3, 0.4) is 0 Å². The summed E-state index contributed by atoms with van der Waals surface area (Å²) in [6.07, 6.45) is 7.73. The van der Waals surface area contributed by atoms with Crippen LogP contribution in [0.25, 0.3) is 22.4 Å². The number of nitrogens with zero attached hydrogens (tertiary/aromatic N) is 3. The lowest BCUT2D eigenvalue weighted by Crippen LogP contribution is -2.23. The van der Waals surface area contributed by atoms with Crippen LogP contribution in [0.5, 0.6) is 11.5 Å². The highest BCUT2D eigenvalue weighted by atomic mass is 35.5. The Hall–Kier alpha value is -2.90. The van der Waals surface area contributed by atoms with E-state index in [1.165, 1.54) is 41.5 Å². The van der Waals surface area contributed by atoms with Crippen molar-refractivity contribution in [3.8, 4) is 22.9 Å². The molecule has 4 aromatic rings. The fourth-order valence-electron chi connectivity index (χ4n) is 3.52. The van der Waals surface area contributed by atoms with Crippen molar-refractivity contribution in [2.75, 3.05) is 13.7 Å². The molecule has 8 heteroatoms. The predicted octanol–water partition coefficient (Wildman–Crippen LogP) is 5.38. The number of hydrogen-bond donors (Lipinski definition) is 0. The van der Waals surface area contributed by atoms with Crippen molar-refractivity contribution in [1.82, 2.24) is 14.6 Å². The Labute approximate surface area is 201 Å². The quantitative estimate of drug-likeness (QED) is 0.283. The number of rotatable bonds is 10. The van der Waals surface area contributed by atoms with Gasteiger partial charge in [0.1, 0.15) is 0 Å². The van der Waals surface area contributed by atoms with Gasteiger partial charge in [0.25, 0.3) is 5.56 Å². The molecule has 0 saturated heterocycles. The molecule has 33 heavy (non-hydrogen) atoms. The molecule has 2 aromatic heterocycles. The zero-order valence-electron chi connectivity index (χ0n) is 18.7. The van der Waals surface area contributed by atoms with Crippen LogP contribution < -0.4 is 19.6 Å². The lowest BCUT2D eigenvalue weighted by molar-refractivity contribution is 0.285. The van der Waals surface area contributed by atoms with Crippen LogP contribution in [0.1, 0.15) is 44.6 Å². The predicted molar refractivity (Wildman–Crippen MR) is 134 cm³/mol. The molecule has 0 bridgehead atoms. The van der Waals surface area contributed by atoms with E-state index >= 15 is 0 Å². The maximum Gasteiger partial charge on any atom is 0.291 e. The Morgan fingerprint density at radius 1 is 1.09 bits per heavy atom. The van der Waals surface area contributed by atoms with Gasteiger partial charge in [-0.2, -0.15) is 9.50 Å². The lowest BCUT2D eigenvalue weighted by atomic mass is 10.1. The first-order valence-electron chi connectivity index (χ1n) is 11.1. The zero-order valence-corrected chi connectivity index (χ0v) is 20.3. The summed E-state index contributed by atoms with van der Waals surface area (Å²) < 4.78 is 13.3.